The Kier molecular flexibility index (Phi) is 4.59. The molecule has 7 heteroatoms. The van der Waals surface area contributed by atoms with Gasteiger partial charge >= 0.3 is 0 Å². The molecule has 126 valence electrons. The number of anilines is 1. The van der Waals surface area contributed by atoms with Crippen LogP contribution in [0.1, 0.15) is 34.6 Å². The van der Waals surface area contributed by atoms with E-state index in [-0.39, 0.29) is 17.7 Å². The number of aromatic nitrogens is 3. The first kappa shape index (κ1) is 16.2. The number of carbonyl (C=O) groups is 1. The minimum atomic E-state index is -0.393. The van der Waals surface area contributed by atoms with E-state index in [1.165, 1.54) is 10.6 Å². The second kappa shape index (κ2) is 6.82. The maximum absolute atomic E-state index is 12.2. The van der Waals surface area contributed by atoms with Crippen molar-refractivity contribution in [2.75, 3.05) is 18.0 Å². The predicted octanol–water partition coefficient (Wildman–Crippen LogP) is 1.01. The van der Waals surface area contributed by atoms with Crippen molar-refractivity contribution in [2.24, 2.45) is 7.05 Å². The molecule has 24 heavy (non-hydrogen) atoms. The van der Waals surface area contributed by atoms with Gasteiger partial charge in [-0.3, -0.25) is 9.59 Å². The highest BCUT2D eigenvalue weighted by Gasteiger charge is 2.16. The summed E-state index contributed by atoms with van der Waals surface area (Å²) in [6, 6.07) is 5.05. The van der Waals surface area contributed by atoms with Crippen LogP contribution in [0.25, 0.3) is 0 Å². The van der Waals surface area contributed by atoms with E-state index in [0.29, 0.717) is 5.95 Å². The molecule has 0 spiro atoms. The first-order valence-electron chi connectivity index (χ1n) is 8.08. The van der Waals surface area contributed by atoms with Crippen LogP contribution in [0.3, 0.4) is 0 Å². The van der Waals surface area contributed by atoms with E-state index in [1.807, 2.05) is 13.0 Å². The van der Waals surface area contributed by atoms with Gasteiger partial charge in [-0.05, 0) is 38.0 Å². The average Bonchev–Trinajstić information content (AvgIpc) is 3.09. The zero-order valence-electron chi connectivity index (χ0n) is 14.0. The second-order valence-electron chi connectivity index (χ2n) is 6.02. The number of aryl methyl sites for hydroxylation is 2. The smallest absolute Gasteiger partial charge is 0.263 e. The molecular formula is C17H21N5O2. The third-order valence-electron chi connectivity index (χ3n) is 4.08. The lowest BCUT2D eigenvalue weighted by Crippen LogP contribution is -2.32. The lowest BCUT2D eigenvalue weighted by atomic mass is 10.2. The summed E-state index contributed by atoms with van der Waals surface area (Å²) in [4.78, 5) is 35.4. The Balaban J connectivity index is 1.73. The van der Waals surface area contributed by atoms with Gasteiger partial charge in [0.2, 0.25) is 5.95 Å². The molecule has 0 aliphatic carbocycles. The largest absolute Gasteiger partial charge is 0.346 e. The van der Waals surface area contributed by atoms with Crippen LogP contribution in [0.4, 0.5) is 5.95 Å². The first-order chi connectivity index (χ1) is 11.5. The number of amides is 1. The van der Waals surface area contributed by atoms with Crippen molar-refractivity contribution in [1.82, 2.24) is 19.9 Å². The Morgan fingerprint density at radius 3 is 2.79 bits per heavy atom. The fourth-order valence-corrected chi connectivity index (χ4v) is 2.80. The Hall–Kier alpha value is -2.70. The van der Waals surface area contributed by atoms with Gasteiger partial charge in [-0.2, -0.15) is 0 Å². The number of hydrogen-bond acceptors (Lipinski definition) is 5. The molecule has 1 fully saturated rings. The van der Waals surface area contributed by atoms with Crippen molar-refractivity contribution in [1.29, 1.82) is 0 Å². The highest BCUT2D eigenvalue weighted by molar-refractivity contribution is 5.93. The van der Waals surface area contributed by atoms with Crippen LogP contribution in [-0.2, 0) is 13.6 Å². The van der Waals surface area contributed by atoms with Gasteiger partial charge < -0.3 is 14.8 Å². The summed E-state index contributed by atoms with van der Waals surface area (Å²) in [5.41, 5.74) is 1.43. The number of pyridine rings is 1. The van der Waals surface area contributed by atoms with E-state index in [0.717, 1.165) is 37.3 Å². The summed E-state index contributed by atoms with van der Waals surface area (Å²) in [5.74, 6) is 0.322. The molecule has 1 amide bonds. The maximum atomic E-state index is 12.2. The van der Waals surface area contributed by atoms with E-state index in [4.69, 9.17) is 0 Å². The van der Waals surface area contributed by atoms with E-state index in [1.54, 1.807) is 19.3 Å². The van der Waals surface area contributed by atoms with Gasteiger partial charge in [-0.1, -0.05) is 0 Å². The number of rotatable bonds is 4. The molecule has 1 saturated heterocycles. The van der Waals surface area contributed by atoms with Gasteiger partial charge in [-0.25, -0.2) is 9.97 Å². The van der Waals surface area contributed by atoms with Crippen LogP contribution in [-0.4, -0.2) is 33.5 Å². The van der Waals surface area contributed by atoms with Gasteiger partial charge in [0.05, 0.1) is 12.2 Å². The Morgan fingerprint density at radius 1 is 1.29 bits per heavy atom. The molecule has 1 aliphatic rings. The lowest BCUT2D eigenvalue weighted by molar-refractivity contribution is 0.0948. The minimum absolute atomic E-state index is 0.130. The zero-order chi connectivity index (χ0) is 17.1. The molecule has 3 rings (SSSR count). The monoisotopic (exact) mass is 327 g/mol. The Morgan fingerprint density at radius 2 is 2.04 bits per heavy atom. The zero-order valence-corrected chi connectivity index (χ0v) is 14.0. The standard InChI is InChI=1S/C17H21N5O2/c1-12-10-13(20-17(19-12)22-8-3-4-9-22)11-18-15(23)14-6-5-7-21(2)16(14)24/h5-7,10H,3-4,8-9,11H2,1-2H3,(H,18,23). The van der Waals surface area contributed by atoms with Crippen LogP contribution in [0.2, 0.25) is 0 Å². The summed E-state index contributed by atoms with van der Waals surface area (Å²) in [6.07, 6.45) is 3.93. The molecule has 0 saturated carbocycles. The third kappa shape index (κ3) is 3.45. The van der Waals surface area contributed by atoms with Crippen molar-refractivity contribution in [3.05, 3.63) is 51.7 Å². The normalized spacial score (nSPS) is 14.0. The molecule has 2 aromatic heterocycles. The van der Waals surface area contributed by atoms with Gasteiger partial charge in [0, 0.05) is 32.0 Å². The molecule has 2 aromatic rings. The van der Waals surface area contributed by atoms with Gasteiger partial charge in [0.15, 0.2) is 0 Å². The fraction of sp³-hybridized carbons (Fsp3) is 0.412. The van der Waals surface area contributed by atoms with Crippen LogP contribution in [0, 0.1) is 6.92 Å². The van der Waals surface area contributed by atoms with Crippen LogP contribution < -0.4 is 15.8 Å². The van der Waals surface area contributed by atoms with E-state index in [2.05, 4.69) is 20.2 Å². The average molecular weight is 327 g/mol. The number of carbonyl (C=O) groups excluding carboxylic acids is 1. The van der Waals surface area contributed by atoms with Crippen molar-refractivity contribution in [2.45, 2.75) is 26.3 Å². The fourth-order valence-electron chi connectivity index (χ4n) is 2.80. The number of nitrogens with one attached hydrogen (secondary N) is 1. The van der Waals surface area contributed by atoms with Crippen molar-refractivity contribution in [3.8, 4) is 0 Å². The van der Waals surface area contributed by atoms with E-state index < -0.39 is 5.91 Å². The van der Waals surface area contributed by atoms with Crippen LogP contribution >= 0.6 is 0 Å². The second-order valence-corrected chi connectivity index (χ2v) is 6.02. The van der Waals surface area contributed by atoms with Gasteiger partial charge in [0.25, 0.3) is 11.5 Å². The summed E-state index contributed by atoms with van der Waals surface area (Å²) in [6.45, 7) is 4.12. The first-order valence-corrected chi connectivity index (χ1v) is 8.08. The molecule has 7 nitrogen and oxygen atoms in total. The number of nitrogens with zero attached hydrogens (tertiary/aromatic N) is 4. The van der Waals surface area contributed by atoms with Gasteiger partial charge in [0.1, 0.15) is 5.56 Å². The summed E-state index contributed by atoms with van der Waals surface area (Å²) in [7, 11) is 1.62. The number of hydrogen-bond donors (Lipinski definition) is 1. The summed E-state index contributed by atoms with van der Waals surface area (Å²) in [5, 5.41) is 2.77. The molecule has 3 heterocycles. The molecule has 0 aromatic carbocycles. The Bertz CT molecular complexity index is 809. The Labute approximate surface area is 140 Å². The van der Waals surface area contributed by atoms with E-state index >= 15 is 0 Å². The van der Waals surface area contributed by atoms with E-state index in [9.17, 15) is 9.59 Å². The molecular weight excluding hydrogens is 306 g/mol. The van der Waals surface area contributed by atoms with Crippen LogP contribution in [0.15, 0.2) is 29.2 Å². The van der Waals surface area contributed by atoms with Crippen molar-refractivity contribution >= 4 is 11.9 Å². The third-order valence-corrected chi connectivity index (χ3v) is 4.08. The van der Waals surface area contributed by atoms with Crippen molar-refractivity contribution < 1.29 is 4.79 Å². The molecule has 0 radical (unpaired) electrons. The quantitative estimate of drug-likeness (QED) is 0.907. The molecule has 0 unspecified atom stereocenters. The molecule has 1 N–H and O–H groups in total. The van der Waals surface area contributed by atoms with Crippen molar-refractivity contribution in [3.63, 3.8) is 0 Å². The maximum Gasteiger partial charge on any atom is 0.263 e. The molecule has 0 bridgehead atoms. The molecule has 0 atom stereocenters. The SMILES string of the molecule is Cc1cc(CNC(=O)c2cccn(C)c2=O)nc(N2CCCC2)n1. The predicted molar refractivity (Wildman–Crippen MR) is 91.1 cm³/mol. The lowest BCUT2D eigenvalue weighted by Gasteiger charge is -2.16. The van der Waals surface area contributed by atoms with Crippen LogP contribution in [0.5, 0.6) is 0 Å². The highest BCUT2D eigenvalue weighted by atomic mass is 16.2. The summed E-state index contributed by atoms with van der Waals surface area (Å²) >= 11 is 0. The highest BCUT2D eigenvalue weighted by Crippen LogP contribution is 2.16. The van der Waals surface area contributed by atoms with Gasteiger partial charge in [-0.15, -0.1) is 0 Å². The minimum Gasteiger partial charge on any atom is -0.346 e. The summed E-state index contributed by atoms with van der Waals surface area (Å²) < 4.78 is 1.38. The topological polar surface area (TPSA) is 80.1 Å². The molecule has 1 aliphatic heterocycles.